The molecule has 166 valence electrons. The van der Waals surface area contributed by atoms with Crippen LogP contribution in [0, 0.1) is 24.7 Å². The summed E-state index contributed by atoms with van der Waals surface area (Å²) < 4.78 is 1.60. The van der Waals surface area contributed by atoms with E-state index in [2.05, 4.69) is 29.4 Å². The smallest absolute Gasteiger partial charge is 0.262 e. The Labute approximate surface area is 191 Å². The van der Waals surface area contributed by atoms with Crippen LogP contribution in [-0.2, 0) is 11.3 Å². The fourth-order valence-corrected chi connectivity index (χ4v) is 7.82. The Hall–Kier alpha value is -2.47. The van der Waals surface area contributed by atoms with Gasteiger partial charge in [-0.15, -0.1) is 11.3 Å². The Morgan fingerprint density at radius 2 is 1.78 bits per heavy atom. The van der Waals surface area contributed by atoms with Gasteiger partial charge in [-0.2, -0.15) is 0 Å². The maximum atomic E-state index is 13.3. The summed E-state index contributed by atoms with van der Waals surface area (Å²) >= 11 is 1.49. The molecule has 1 aromatic carbocycles. The Morgan fingerprint density at radius 3 is 2.44 bits per heavy atom. The Bertz CT molecular complexity index is 1200. The quantitative estimate of drug-likeness (QED) is 0.605. The number of aromatic nitrogens is 2. The zero-order valence-corrected chi connectivity index (χ0v) is 19.3. The molecule has 0 saturated heterocycles. The lowest BCUT2D eigenvalue weighted by Crippen LogP contribution is -2.59. The number of rotatable bonds is 5. The van der Waals surface area contributed by atoms with Gasteiger partial charge in [0.25, 0.3) is 5.56 Å². The van der Waals surface area contributed by atoms with Crippen LogP contribution in [0.5, 0.6) is 0 Å². The number of benzene rings is 1. The van der Waals surface area contributed by atoms with Gasteiger partial charge in [0.15, 0.2) is 0 Å². The largest absolute Gasteiger partial charge is 0.351 e. The number of carbonyl (C=O) groups is 1. The van der Waals surface area contributed by atoms with Crippen LogP contribution in [0.4, 0.5) is 0 Å². The van der Waals surface area contributed by atoms with E-state index in [0.717, 1.165) is 53.0 Å². The lowest BCUT2D eigenvalue weighted by Gasteiger charge is -2.56. The van der Waals surface area contributed by atoms with E-state index in [1.807, 2.05) is 17.5 Å². The topological polar surface area (TPSA) is 64.0 Å². The number of aryl methyl sites for hydroxylation is 2. The Morgan fingerprint density at radius 1 is 1.12 bits per heavy atom. The van der Waals surface area contributed by atoms with E-state index < -0.39 is 0 Å². The first-order chi connectivity index (χ1) is 15.5. The summed E-state index contributed by atoms with van der Waals surface area (Å²) in [7, 11) is 0. The maximum Gasteiger partial charge on any atom is 0.262 e. The number of carbonyl (C=O) groups excluding carboxylic acids is 1. The first-order valence-electron chi connectivity index (χ1n) is 11.8. The van der Waals surface area contributed by atoms with Crippen LogP contribution in [0.15, 0.2) is 40.8 Å². The van der Waals surface area contributed by atoms with Crippen LogP contribution in [0.2, 0.25) is 0 Å². The number of hydrogen-bond acceptors (Lipinski definition) is 4. The van der Waals surface area contributed by atoms with Gasteiger partial charge in [0, 0.05) is 29.4 Å². The van der Waals surface area contributed by atoms with Crippen molar-refractivity contribution in [3.63, 3.8) is 0 Å². The number of thiophene rings is 1. The summed E-state index contributed by atoms with van der Waals surface area (Å²) in [5, 5.41) is 6.08. The van der Waals surface area contributed by atoms with E-state index in [1.54, 1.807) is 10.9 Å². The molecule has 32 heavy (non-hydrogen) atoms. The minimum atomic E-state index is -0.0607. The van der Waals surface area contributed by atoms with Gasteiger partial charge >= 0.3 is 0 Å². The molecule has 3 aromatic rings. The molecule has 0 atom stereocenters. The van der Waals surface area contributed by atoms with Crippen molar-refractivity contribution in [2.75, 3.05) is 0 Å². The first-order valence-corrected chi connectivity index (χ1v) is 12.7. The highest BCUT2D eigenvalue weighted by atomic mass is 32.1. The van der Waals surface area contributed by atoms with Crippen molar-refractivity contribution in [2.24, 2.45) is 17.8 Å². The molecule has 0 unspecified atom stereocenters. The van der Waals surface area contributed by atoms with Gasteiger partial charge in [0.05, 0.1) is 11.7 Å². The molecule has 4 saturated carbocycles. The maximum absolute atomic E-state index is 13.3. The van der Waals surface area contributed by atoms with E-state index in [1.165, 1.54) is 36.2 Å². The molecule has 2 heterocycles. The molecular weight excluding hydrogens is 418 g/mol. The molecule has 6 heteroatoms. The molecule has 4 aliphatic rings. The monoisotopic (exact) mass is 447 g/mol. The van der Waals surface area contributed by atoms with Gasteiger partial charge in [0.2, 0.25) is 5.91 Å². The number of fused-ring (bicyclic) bond motifs is 1. The minimum Gasteiger partial charge on any atom is -0.351 e. The highest BCUT2D eigenvalue weighted by Gasteiger charge is 2.51. The highest BCUT2D eigenvalue weighted by Crippen LogP contribution is 2.55. The Kier molecular flexibility index (Phi) is 4.75. The fraction of sp³-hybridized carbons (Fsp3) is 0.500. The summed E-state index contributed by atoms with van der Waals surface area (Å²) in [5.74, 6) is 2.47. The number of amides is 1. The predicted octanol–water partition coefficient (Wildman–Crippen LogP) is 4.91. The fourth-order valence-electron chi connectivity index (χ4n) is 6.92. The van der Waals surface area contributed by atoms with Crippen molar-refractivity contribution >= 4 is 27.5 Å². The lowest BCUT2D eigenvalue weighted by molar-refractivity contribution is -0.127. The average molecular weight is 448 g/mol. The zero-order valence-electron chi connectivity index (χ0n) is 18.5. The van der Waals surface area contributed by atoms with Crippen LogP contribution >= 0.6 is 11.3 Å². The molecule has 7 rings (SSSR count). The van der Waals surface area contributed by atoms with Gasteiger partial charge in [0.1, 0.15) is 4.83 Å². The molecule has 4 aliphatic carbocycles. The van der Waals surface area contributed by atoms with E-state index in [4.69, 9.17) is 0 Å². The zero-order chi connectivity index (χ0) is 21.9. The average Bonchev–Trinajstić information content (AvgIpc) is 3.17. The van der Waals surface area contributed by atoms with Crippen molar-refractivity contribution in [3.8, 4) is 11.1 Å². The summed E-state index contributed by atoms with van der Waals surface area (Å²) in [4.78, 5) is 31.4. The van der Waals surface area contributed by atoms with Gasteiger partial charge < -0.3 is 5.32 Å². The Balaban J connectivity index is 1.20. The van der Waals surface area contributed by atoms with Crippen LogP contribution in [0.3, 0.4) is 0 Å². The molecule has 4 fully saturated rings. The number of nitrogens with zero attached hydrogens (tertiary/aromatic N) is 2. The van der Waals surface area contributed by atoms with Crippen LogP contribution < -0.4 is 10.9 Å². The summed E-state index contributed by atoms with van der Waals surface area (Å²) in [6, 6.07) is 8.21. The van der Waals surface area contributed by atoms with Gasteiger partial charge in [-0.05, 0) is 68.8 Å². The molecule has 0 aliphatic heterocycles. The van der Waals surface area contributed by atoms with Crippen molar-refractivity contribution < 1.29 is 4.79 Å². The molecule has 5 nitrogen and oxygen atoms in total. The normalized spacial score (nSPS) is 28.3. The summed E-state index contributed by atoms with van der Waals surface area (Å²) in [5.41, 5.74) is 3.10. The third kappa shape index (κ3) is 3.49. The molecule has 0 spiro atoms. The van der Waals surface area contributed by atoms with Crippen molar-refractivity contribution in [1.82, 2.24) is 14.9 Å². The summed E-state index contributed by atoms with van der Waals surface area (Å²) in [6.07, 6.45) is 9.43. The molecule has 2 aromatic heterocycles. The second-order valence-electron chi connectivity index (χ2n) is 10.4. The van der Waals surface area contributed by atoms with Crippen molar-refractivity contribution in [1.29, 1.82) is 0 Å². The summed E-state index contributed by atoms with van der Waals surface area (Å²) in [6.45, 7) is 2.42. The second kappa shape index (κ2) is 7.55. The lowest BCUT2D eigenvalue weighted by atomic mass is 9.53. The van der Waals surface area contributed by atoms with Crippen LogP contribution in [-0.4, -0.2) is 21.0 Å². The van der Waals surface area contributed by atoms with Gasteiger partial charge in [-0.1, -0.05) is 29.8 Å². The highest BCUT2D eigenvalue weighted by molar-refractivity contribution is 7.17. The second-order valence-corrected chi connectivity index (χ2v) is 11.3. The molecule has 1 N–H and O–H groups in total. The molecule has 0 radical (unpaired) electrons. The van der Waals surface area contributed by atoms with Crippen LogP contribution in [0.1, 0.15) is 50.5 Å². The molecule has 1 amide bonds. The van der Waals surface area contributed by atoms with Crippen LogP contribution in [0.25, 0.3) is 21.3 Å². The first kappa shape index (κ1) is 20.2. The third-order valence-electron chi connectivity index (χ3n) is 7.95. The van der Waals surface area contributed by atoms with Crippen molar-refractivity contribution in [3.05, 3.63) is 51.9 Å². The number of hydrogen-bond donors (Lipinski definition) is 1. The van der Waals surface area contributed by atoms with Crippen molar-refractivity contribution in [2.45, 2.75) is 64.0 Å². The minimum absolute atomic E-state index is 0.0188. The third-order valence-corrected chi connectivity index (χ3v) is 8.83. The van der Waals surface area contributed by atoms with E-state index in [9.17, 15) is 9.59 Å². The molecule has 4 bridgehead atoms. The van der Waals surface area contributed by atoms with Gasteiger partial charge in [-0.3, -0.25) is 14.2 Å². The standard InChI is InChI=1S/C26H29N3O2S/c1-16-2-4-20(5-3-16)21-14-32-24-23(21)25(31)29(15-27-24)7-6-22(30)28-26-11-17-8-18(12-26)10-19(9-17)13-26/h2-5,14-15,17-19H,6-13H2,1H3,(H,28,30). The van der Waals surface area contributed by atoms with E-state index >= 15 is 0 Å². The SMILES string of the molecule is Cc1ccc(-c2csc3ncn(CCC(=O)NC45CC6CC(CC(C6)C4)C5)c(=O)c23)cc1. The van der Waals surface area contributed by atoms with Gasteiger partial charge in [-0.25, -0.2) is 4.98 Å². The van der Waals surface area contributed by atoms with E-state index in [0.29, 0.717) is 18.4 Å². The number of nitrogens with one attached hydrogen (secondary N) is 1. The predicted molar refractivity (Wildman–Crippen MR) is 128 cm³/mol. The van der Waals surface area contributed by atoms with E-state index in [-0.39, 0.29) is 17.0 Å². The molecular formula is C26H29N3O2S.